The van der Waals surface area contributed by atoms with Gasteiger partial charge in [0.15, 0.2) is 0 Å². The second-order valence-corrected chi connectivity index (χ2v) is 2.59. The van der Waals surface area contributed by atoms with Crippen LogP contribution in [0.15, 0.2) is 0 Å². The van der Waals surface area contributed by atoms with Crippen molar-refractivity contribution in [3.63, 3.8) is 0 Å². The molecule has 1 radical (unpaired) electrons. The Hall–Kier alpha value is 0.300. The number of thioether (sulfide) groups is 1. The Morgan fingerprint density at radius 3 is 2.14 bits per heavy atom. The molecule has 0 nitrogen and oxygen atoms in total. The first-order chi connectivity index (χ1) is 3.13. The van der Waals surface area contributed by atoms with Crippen molar-refractivity contribution >= 4 is 28.2 Å². The molecule has 0 aliphatic rings. The highest BCUT2D eigenvalue weighted by atomic mass is 32.2. The summed E-state index contributed by atoms with van der Waals surface area (Å²) >= 11 is 4.54. The molecule has 0 heterocycles. The van der Waals surface area contributed by atoms with Gasteiger partial charge in [-0.2, -0.15) is 8.78 Å². The van der Waals surface area contributed by atoms with Crippen LogP contribution in [0.25, 0.3) is 0 Å². The van der Waals surface area contributed by atoms with Gasteiger partial charge in [-0.1, -0.05) is 12.2 Å². The minimum atomic E-state index is -2.41. The van der Waals surface area contributed by atoms with Gasteiger partial charge in [-0.05, 0) is 18.7 Å². The van der Waals surface area contributed by atoms with Crippen molar-refractivity contribution in [1.29, 1.82) is 0 Å². The molecule has 0 fully saturated rings. The van der Waals surface area contributed by atoms with Gasteiger partial charge in [0.1, 0.15) is 0 Å². The highest BCUT2D eigenvalue weighted by Crippen LogP contribution is 2.14. The molecule has 0 atom stereocenters. The van der Waals surface area contributed by atoms with Crippen molar-refractivity contribution in [2.45, 2.75) is 5.76 Å². The van der Waals surface area contributed by atoms with E-state index in [-0.39, 0.29) is 4.20 Å². The van der Waals surface area contributed by atoms with Gasteiger partial charge in [-0.25, -0.2) is 0 Å². The van der Waals surface area contributed by atoms with E-state index in [2.05, 4.69) is 19.1 Å². The minimum Gasteiger partial charge on any atom is -0.198 e. The van der Waals surface area contributed by atoms with Crippen molar-refractivity contribution in [2.75, 3.05) is 0 Å². The molecule has 0 saturated heterocycles. The molecule has 0 amide bonds. The molecule has 0 bridgehead atoms. The van der Waals surface area contributed by atoms with E-state index in [1.54, 1.807) is 0 Å². The highest BCUT2D eigenvalue weighted by molar-refractivity contribution is 8.23. The van der Waals surface area contributed by atoms with Gasteiger partial charge >= 0.3 is 0 Å². The lowest BCUT2D eigenvalue weighted by molar-refractivity contribution is 0.253. The first kappa shape index (κ1) is 7.30. The Balaban J connectivity index is 3.13. The molecule has 0 N–H and O–H groups in total. The first-order valence-corrected chi connectivity index (χ1v) is 2.72. The van der Waals surface area contributed by atoms with Crippen molar-refractivity contribution in [2.24, 2.45) is 0 Å². The summed E-state index contributed by atoms with van der Waals surface area (Å²) in [6.07, 6.45) is 0. The molecule has 0 unspecified atom stereocenters. The molecule has 4 heteroatoms. The number of alkyl halides is 2. The maximum absolute atomic E-state index is 11.1. The van der Waals surface area contributed by atoms with Crippen LogP contribution >= 0.6 is 24.0 Å². The third-order valence-electron chi connectivity index (χ3n) is 0.221. The van der Waals surface area contributed by atoms with E-state index in [1.807, 2.05) is 0 Å². The summed E-state index contributed by atoms with van der Waals surface area (Å²) in [5, 5.41) is 0. The second-order valence-electron chi connectivity index (χ2n) is 0.751. The van der Waals surface area contributed by atoms with E-state index in [0.717, 1.165) is 0 Å². The highest BCUT2D eigenvalue weighted by Gasteiger charge is 2.01. The second kappa shape index (κ2) is 3.32. The molecule has 0 saturated carbocycles. The normalized spacial score (nSPS) is 9.71. The molecule has 0 aromatic heterocycles. The quantitative estimate of drug-likeness (QED) is 0.513. The van der Waals surface area contributed by atoms with Crippen LogP contribution in [0.1, 0.15) is 0 Å². The summed E-state index contributed by atoms with van der Waals surface area (Å²) in [7, 11) is 0. The molecule has 0 spiro atoms. The lowest BCUT2D eigenvalue weighted by Crippen LogP contribution is -1.85. The van der Waals surface area contributed by atoms with E-state index in [1.165, 1.54) is 0 Å². The van der Waals surface area contributed by atoms with Crippen molar-refractivity contribution in [3.8, 4) is 0 Å². The Morgan fingerprint density at radius 2 is 2.14 bits per heavy atom. The number of thiocarbonyl (C=S) groups is 1. The molecular formula is C3H3F2S2. The van der Waals surface area contributed by atoms with Crippen LogP contribution in [-0.4, -0.2) is 9.95 Å². The fraction of sp³-hybridized carbons (Fsp3) is 0.333. The predicted octanol–water partition coefficient (Wildman–Crippen LogP) is 2.10. The summed E-state index contributed by atoms with van der Waals surface area (Å²) in [6.45, 7) is 3.09. The fourth-order valence-corrected chi connectivity index (χ4v) is 0.516. The van der Waals surface area contributed by atoms with Crippen molar-refractivity contribution in [3.05, 3.63) is 6.92 Å². The fourth-order valence-electron chi connectivity index (χ4n) is 0.0994. The topological polar surface area (TPSA) is 0 Å². The van der Waals surface area contributed by atoms with Gasteiger partial charge in [0.2, 0.25) is 0 Å². The summed E-state index contributed by atoms with van der Waals surface area (Å²) in [5.41, 5.74) is 0. The van der Waals surface area contributed by atoms with Crippen molar-refractivity contribution < 1.29 is 8.78 Å². The standard InChI is InChI=1S/C3H3F2S2/c1-2(6)7-3(4)5/h3H,1H2. The zero-order valence-corrected chi connectivity index (χ0v) is 4.99. The molecular weight excluding hydrogens is 138 g/mol. The molecule has 0 aliphatic heterocycles. The molecule has 0 aliphatic carbocycles. The Labute approximate surface area is 50.3 Å². The first-order valence-electron chi connectivity index (χ1n) is 1.43. The third-order valence-corrected chi connectivity index (χ3v) is 0.950. The average Bonchev–Trinajstić information content (AvgIpc) is 1.27. The molecule has 0 rings (SSSR count). The van der Waals surface area contributed by atoms with E-state index in [9.17, 15) is 8.78 Å². The van der Waals surface area contributed by atoms with E-state index in [4.69, 9.17) is 0 Å². The van der Waals surface area contributed by atoms with E-state index in [0.29, 0.717) is 11.8 Å². The van der Waals surface area contributed by atoms with Gasteiger partial charge in [0.25, 0.3) is 5.76 Å². The maximum atomic E-state index is 11.1. The smallest absolute Gasteiger partial charge is 0.198 e. The van der Waals surface area contributed by atoms with E-state index >= 15 is 0 Å². The zero-order chi connectivity index (χ0) is 5.86. The average molecular weight is 141 g/mol. The van der Waals surface area contributed by atoms with Gasteiger partial charge in [0, 0.05) is 0 Å². The predicted molar refractivity (Wildman–Crippen MR) is 31.6 cm³/mol. The summed E-state index contributed by atoms with van der Waals surface area (Å²) in [6, 6.07) is 0. The summed E-state index contributed by atoms with van der Waals surface area (Å²) in [5.74, 6) is -2.41. The number of hydrogen-bond donors (Lipinski definition) is 0. The molecule has 41 valence electrons. The Morgan fingerprint density at radius 1 is 1.71 bits per heavy atom. The number of hydrogen-bond acceptors (Lipinski definition) is 2. The SMILES string of the molecule is [CH2]C(=S)SC(F)F. The van der Waals surface area contributed by atoms with Gasteiger partial charge in [0.05, 0.1) is 4.20 Å². The van der Waals surface area contributed by atoms with Crippen LogP contribution in [0.5, 0.6) is 0 Å². The van der Waals surface area contributed by atoms with Crippen LogP contribution < -0.4 is 0 Å². The molecule has 0 aromatic carbocycles. The Kier molecular flexibility index (Phi) is 3.46. The molecule has 0 aromatic rings. The number of halogens is 2. The van der Waals surface area contributed by atoms with Gasteiger partial charge in [-0.15, -0.1) is 0 Å². The summed E-state index contributed by atoms with van der Waals surface area (Å²) in [4.78, 5) is 0. The Bertz CT molecular complexity index is 71.3. The maximum Gasteiger partial charge on any atom is 0.289 e. The van der Waals surface area contributed by atoms with Crippen molar-refractivity contribution in [1.82, 2.24) is 0 Å². The van der Waals surface area contributed by atoms with Crippen LogP contribution in [0.3, 0.4) is 0 Å². The zero-order valence-electron chi connectivity index (χ0n) is 3.36. The number of rotatable bonds is 1. The van der Waals surface area contributed by atoms with E-state index < -0.39 is 5.76 Å². The third kappa shape index (κ3) is 6.30. The minimum absolute atomic E-state index is 0.0370. The van der Waals surface area contributed by atoms with Crippen LogP contribution in [-0.2, 0) is 0 Å². The van der Waals surface area contributed by atoms with Gasteiger partial charge in [-0.3, -0.25) is 0 Å². The summed E-state index contributed by atoms with van der Waals surface area (Å²) < 4.78 is 22.3. The molecule has 7 heavy (non-hydrogen) atoms. The monoisotopic (exact) mass is 141 g/mol. The van der Waals surface area contributed by atoms with Crippen LogP contribution in [0.2, 0.25) is 0 Å². The van der Waals surface area contributed by atoms with Gasteiger partial charge < -0.3 is 0 Å². The lowest BCUT2D eigenvalue weighted by Gasteiger charge is -1.90. The van der Waals surface area contributed by atoms with Crippen LogP contribution in [0, 0.1) is 6.92 Å². The largest absolute Gasteiger partial charge is 0.289 e. The lowest BCUT2D eigenvalue weighted by atomic mass is 11.0. The van der Waals surface area contributed by atoms with Crippen LogP contribution in [0.4, 0.5) is 8.78 Å².